The van der Waals surface area contributed by atoms with E-state index in [1.165, 1.54) is 38.5 Å². The summed E-state index contributed by atoms with van der Waals surface area (Å²) in [7, 11) is 0. The van der Waals surface area contributed by atoms with Gasteiger partial charge in [0.05, 0.1) is 0 Å². The molecule has 1 unspecified atom stereocenters. The molecule has 2 amide bonds. The summed E-state index contributed by atoms with van der Waals surface area (Å²) in [6.45, 7) is 3.78. The predicted octanol–water partition coefficient (Wildman–Crippen LogP) is 4.04. The number of amides is 2. The van der Waals surface area contributed by atoms with Crippen molar-refractivity contribution in [2.24, 2.45) is 23.2 Å². The van der Waals surface area contributed by atoms with Gasteiger partial charge in [-0.3, -0.25) is 9.59 Å². The van der Waals surface area contributed by atoms with Gasteiger partial charge in [0.15, 0.2) is 0 Å². The van der Waals surface area contributed by atoms with Crippen molar-refractivity contribution >= 4 is 17.5 Å². The molecule has 4 aliphatic carbocycles. The van der Waals surface area contributed by atoms with Gasteiger partial charge in [-0.15, -0.1) is 0 Å². The van der Waals surface area contributed by atoms with Crippen LogP contribution in [0.25, 0.3) is 0 Å². The van der Waals surface area contributed by atoms with E-state index in [4.69, 9.17) is 0 Å². The van der Waals surface area contributed by atoms with E-state index in [0.717, 1.165) is 29.0 Å². The van der Waals surface area contributed by atoms with Crippen molar-refractivity contribution in [2.75, 3.05) is 5.32 Å². The largest absolute Gasteiger partial charge is 0.345 e. The topological polar surface area (TPSA) is 58.2 Å². The molecular weight excluding hydrogens is 324 g/mol. The van der Waals surface area contributed by atoms with Gasteiger partial charge in [0, 0.05) is 12.1 Å². The molecular formula is C22H30N2O2. The zero-order valence-corrected chi connectivity index (χ0v) is 15.9. The zero-order chi connectivity index (χ0) is 18.3. The van der Waals surface area contributed by atoms with Gasteiger partial charge in [-0.25, -0.2) is 0 Å². The van der Waals surface area contributed by atoms with Crippen LogP contribution in [0.4, 0.5) is 5.69 Å². The summed E-state index contributed by atoms with van der Waals surface area (Å²) in [6, 6.07) is 7.18. The summed E-state index contributed by atoms with van der Waals surface area (Å²) in [6.07, 6.45) is 8.41. The van der Waals surface area contributed by atoms with E-state index in [1.54, 1.807) is 6.92 Å². The van der Waals surface area contributed by atoms with Gasteiger partial charge >= 0.3 is 0 Å². The average Bonchev–Trinajstić information content (AvgIpc) is 2.55. The van der Waals surface area contributed by atoms with Crippen LogP contribution in [0.2, 0.25) is 0 Å². The van der Waals surface area contributed by atoms with Crippen LogP contribution in [0.3, 0.4) is 0 Å². The summed E-state index contributed by atoms with van der Waals surface area (Å²) in [5.41, 5.74) is 2.13. The minimum Gasteiger partial charge on any atom is -0.345 e. The molecule has 4 heteroatoms. The van der Waals surface area contributed by atoms with Crippen LogP contribution in [0.1, 0.15) is 57.4 Å². The van der Waals surface area contributed by atoms with Gasteiger partial charge in [0.25, 0.3) is 0 Å². The summed E-state index contributed by atoms with van der Waals surface area (Å²) >= 11 is 0. The molecule has 4 nitrogen and oxygen atoms in total. The number of rotatable bonds is 5. The third kappa shape index (κ3) is 3.65. The van der Waals surface area contributed by atoms with Gasteiger partial charge in [0.2, 0.25) is 11.8 Å². The lowest BCUT2D eigenvalue weighted by Crippen LogP contribution is -2.49. The highest BCUT2D eigenvalue weighted by Crippen LogP contribution is 2.61. The first kappa shape index (κ1) is 17.6. The molecule has 0 aromatic heterocycles. The number of carbonyl (C=O) groups is 2. The Morgan fingerprint density at radius 1 is 1.04 bits per heavy atom. The molecule has 0 spiro atoms. The molecule has 4 fully saturated rings. The second kappa shape index (κ2) is 6.71. The van der Waals surface area contributed by atoms with Crippen molar-refractivity contribution in [1.82, 2.24) is 5.32 Å². The molecule has 4 aliphatic rings. The van der Waals surface area contributed by atoms with Crippen molar-refractivity contribution in [2.45, 2.75) is 64.8 Å². The fourth-order valence-corrected chi connectivity index (χ4v) is 6.09. The predicted molar refractivity (Wildman–Crippen MR) is 103 cm³/mol. The highest BCUT2D eigenvalue weighted by atomic mass is 16.2. The maximum atomic E-state index is 12.6. The first-order valence-electron chi connectivity index (χ1n) is 10.1. The van der Waals surface area contributed by atoms with E-state index in [1.807, 2.05) is 31.2 Å². The molecule has 0 saturated heterocycles. The second-order valence-corrected chi connectivity index (χ2v) is 9.24. The summed E-state index contributed by atoms with van der Waals surface area (Å²) in [4.78, 5) is 25.0. The maximum absolute atomic E-state index is 12.6. The number of benzene rings is 1. The minimum atomic E-state index is -0.516. The highest BCUT2D eigenvalue weighted by Gasteiger charge is 2.51. The Labute approximate surface area is 156 Å². The molecule has 1 aromatic carbocycles. The van der Waals surface area contributed by atoms with Gasteiger partial charge in [0.1, 0.15) is 6.04 Å². The Bertz CT molecular complexity index is 659. The molecule has 1 atom stereocenters. The van der Waals surface area contributed by atoms with E-state index in [-0.39, 0.29) is 17.2 Å². The second-order valence-electron chi connectivity index (χ2n) is 9.24. The van der Waals surface area contributed by atoms with Crippen LogP contribution in [0, 0.1) is 30.1 Å². The first-order chi connectivity index (χ1) is 12.4. The maximum Gasteiger partial charge on any atom is 0.246 e. The van der Waals surface area contributed by atoms with Crippen LogP contribution < -0.4 is 10.6 Å². The zero-order valence-electron chi connectivity index (χ0n) is 15.9. The monoisotopic (exact) mass is 354 g/mol. The third-order valence-electron chi connectivity index (χ3n) is 6.79. The van der Waals surface area contributed by atoms with Crippen LogP contribution in [-0.2, 0) is 9.59 Å². The quantitative estimate of drug-likeness (QED) is 0.838. The van der Waals surface area contributed by atoms with Gasteiger partial charge < -0.3 is 10.6 Å². The molecule has 26 heavy (non-hydrogen) atoms. The lowest BCUT2D eigenvalue weighted by molar-refractivity contribution is -0.132. The number of hydrogen-bond acceptors (Lipinski definition) is 2. The van der Waals surface area contributed by atoms with Crippen molar-refractivity contribution in [3.63, 3.8) is 0 Å². The van der Waals surface area contributed by atoms with E-state index < -0.39 is 6.04 Å². The number of nitrogens with one attached hydrogen (secondary N) is 2. The Morgan fingerprint density at radius 2 is 1.58 bits per heavy atom. The Hall–Kier alpha value is -1.84. The summed E-state index contributed by atoms with van der Waals surface area (Å²) < 4.78 is 0. The fourth-order valence-electron chi connectivity index (χ4n) is 6.09. The van der Waals surface area contributed by atoms with E-state index in [9.17, 15) is 9.59 Å². The van der Waals surface area contributed by atoms with E-state index in [2.05, 4.69) is 10.6 Å². The first-order valence-corrected chi connectivity index (χ1v) is 10.1. The summed E-state index contributed by atoms with van der Waals surface area (Å²) in [5, 5.41) is 5.82. The molecule has 4 bridgehead atoms. The van der Waals surface area contributed by atoms with E-state index in [0.29, 0.717) is 6.42 Å². The molecule has 0 radical (unpaired) electrons. The molecule has 0 heterocycles. The Balaban J connectivity index is 1.31. The number of aryl methyl sites for hydroxylation is 1. The van der Waals surface area contributed by atoms with Crippen molar-refractivity contribution in [1.29, 1.82) is 0 Å². The standard InChI is InChI=1S/C22H30N2O2/c1-14-3-5-19(6-4-14)24-21(26)15(2)23-20(25)13-22-10-16-7-17(11-22)9-18(8-16)12-22/h3-6,15-18H,7-13H2,1-2H3,(H,23,25)(H,24,26). The van der Waals surface area contributed by atoms with Gasteiger partial charge in [-0.2, -0.15) is 0 Å². The minimum absolute atomic E-state index is 0.0403. The van der Waals surface area contributed by atoms with Crippen molar-refractivity contribution < 1.29 is 9.59 Å². The highest BCUT2D eigenvalue weighted by molar-refractivity contribution is 5.96. The van der Waals surface area contributed by atoms with Crippen LogP contribution >= 0.6 is 0 Å². The van der Waals surface area contributed by atoms with Crippen LogP contribution in [0.5, 0.6) is 0 Å². The van der Waals surface area contributed by atoms with Crippen molar-refractivity contribution in [3.05, 3.63) is 29.8 Å². The SMILES string of the molecule is Cc1ccc(NC(=O)C(C)NC(=O)CC23CC4CC(CC(C4)C2)C3)cc1. The fraction of sp³-hybridized carbons (Fsp3) is 0.636. The molecule has 0 aliphatic heterocycles. The van der Waals surface area contributed by atoms with Crippen molar-refractivity contribution in [3.8, 4) is 0 Å². The molecule has 4 saturated carbocycles. The lowest BCUT2D eigenvalue weighted by Gasteiger charge is -2.56. The number of hydrogen-bond donors (Lipinski definition) is 2. The van der Waals surface area contributed by atoms with Crippen LogP contribution in [0.15, 0.2) is 24.3 Å². The van der Waals surface area contributed by atoms with Crippen LogP contribution in [-0.4, -0.2) is 17.9 Å². The van der Waals surface area contributed by atoms with E-state index >= 15 is 0 Å². The molecule has 5 rings (SSSR count). The average molecular weight is 354 g/mol. The number of anilines is 1. The van der Waals surface area contributed by atoms with Gasteiger partial charge in [-0.05, 0) is 87.7 Å². The molecule has 2 N–H and O–H groups in total. The number of carbonyl (C=O) groups excluding carboxylic acids is 2. The lowest BCUT2D eigenvalue weighted by atomic mass is 9.49. The third-order valence-corrected chi connectivity index (χ3v) is 6.79. The smallest absolute Gasteiger partial charge is 0.246 e. The van der Waals surface area contributed by atoms with Gasteiger partial charge in [-0.1, -0.05) is 17.7 Å². The Kier molecular flexibility index (Phi) is 4.54. The normalized spacial score (nSPS) is 32.9. The Morgan fingerprint density at radius 3 is 2.12 bits per heavy atom. The summed E-state index contributed by atoms with van der Waals surface area (Å²) in [5.74, 6) is 2.41. The molecule has 140 valence electrons. The molecule has 1 aromatic rings.